The molecule has 0 unspecified atom stereocenters. The van der Waals surface area contributed by atoms with Gasteiger partial charge in [-0.05, 0) is 13.0 Å². The fourth-order valence-electron chi connectivity index (χ4n) is 2.05. The average molecular weight is 253 g/mol. The molecule has 0 fully saturated rings. The normalized spacial score (nSPS) is 10.7. The maximum absolute atomic E-state index is 5.21. The van der Waals surface area contributed by atoms with E-state index >= 15 is 0 Å². The molecule has 0 aliphatic rings. The summed E-state index contributed by atoms with van der Waals surface area (Å²) in [5.74, 6) is 0. The number of hydrogen-bond donors (Lipinski definition) is 1. The Bertz CT molecular complexity index is 772. The molecule has 3 aromatic rings. The van der Waals surface area contributed by atoms with Crippen LogP contribution in [0.4, 0.5) is 0 Å². The summed E-state index contributed by atoms with van der Waals surface area (Å²) in [6.45, 7) is 1.98. The number of pyridine rings is 1. The Morgan fingerprint density at radius 2 is 1.94 bits per heavy atom. The molecule has 2 heterocycles. The van der Waals surface area contributed by atoms with Crippen LogP contribution >= 0.6 is 12.2 Å². The number of hydrogen-bond acceptors (Lipinski definition) is 3. The van der Waals surface area contributed by atoms with Gasteiger partial charge in [0.05, 0.1) is 17.5 Å². The lowest BCUT2D eigenvalue weighted by Crippen LogP contribution is -1.93. The van der Waals surface area contributed by atoms with Gasteiger partial charge in [-0.2, -0.15) is 0 Å². The maximum atomic E-state index is 5.21. The zero-order chi connectivity index (χ0) is 12.5. The number of nitrogens with zero attached hydrogens (tertiary/aromatic N) is 2. The number of H-pyrrole nitrogens is 1. The average Bonchev–Trinajstić information content (AvgIpc) is 2.41. The molecule has 0 radical (unpaired) electrons. The van der Waals surface area contributed by atoms with Gasteiger partial charge in [0.15, 0.2) is 0 Å². The molecular weight excluding hydrogens is 242 g/mol. The molecule has 0 aliphatic heterocycles. The lowest BCUT2D eigenvalue weighted by molar-refractivity contribution is 1.12. The molecule has 0 saturated carbocycles. The van der Waals surface area contributed by atoms with E-state index in [1.54, 1.807) is 12.5 Å². The van der Waals surface area contributed by atoms with Crippen molar-refractivity contribution in [1.29, 1.82) is 0 Å². The summed E-state index contributed by atoms with van der Waals surface area (Å²) < 4.78 is 0.622. The molecule has 0 atom stereocenters. The van der Waals surface area contributed by atoms with E-state index in [9.17, 15) is 0 Å². The van der Waals surface area contributed by atoms with E-state index in [1.165, 1.54) is 0 Å². The van der Waals surface area contributed by atoms with E-state index in [2.05, 4.69) is 27.1 Å². The van der Waals surface area contributed by atoms with Gasteiger partial charge in [-0.25, -0.2) is 4.98 Å². The highest BCUT2D eigenvalue weighted by Crippen LogP contribution is 2.27. The topological polar surface area (TPSA) is 41.6 Å². The Balaban J connectivity index is 2.39. The van der Waals surface area contributed by atoms with Crippen molar-refractivity contribution >= 4 is 23.1 Å². The van der Waals surface area contributed by atoms with Crippen LogP contribution in [0.25, 0.3) is 22.2 Å². The zero-order valence-electron chi connectivity index (χ0n) is 9.84. The Morgan fingerprint density at radius 3 is 2.83 bits per heavy atom. The number of aromatic nitrogens is 3. The number of rotatable bonds is 1. The lowest BCUT2D eigenvalue weighted by Gasteiger charge is -2.08. The Morgan fingerprint density at radius 1 is 1.11 bits per heavy atom. The van der Waals surface area contributed by atoms with E-state index < -0.39 is 0 Å². The van der Waals surface area contributed by atoms with E-state index in [0.29, 0.717) is 4.64 Å². The summed E-state index contributed by atoms with van der Waals surface area (Å²) in [6.07, 6.45) is 3.43. The van der Waals surface area contributed by atoms with Crippen LogP contribution in [0, 0.1) is 11.6 Å². The molecule has 0 aliphatic carbocycles. The van der Waals surface area contributed by atoms with Crippen LogP contribution in [-0.4, -0.2) is 15.0 Å². The first-order chi connectivity index (χ1) is 8.77. The molecule has 1 aromatic carbocycles. The molecule has 18 heavy (non-hydrogen) atoms. The van der Waals surface area contributed by atoms with Crippen LogP contribution in [-0.2, 0) is 0 Å². The van der Waals surface area contributed by atoms with Crippen molar-refractivity contribution in [3.8, 4) is 11.3 Å². The summed E-state index contributed by atoms with van der Waals surface area (Å²) in [5, 5.41) is 1.12. The van der Waals surface area contributed by atoms with E-state index in [4.69, 9.17) is 12.2 Å². The molecule has 1 N–H and O–H groups in total. The van der Waals surface area contributed by atoms with Gasteiger partial charge in [0, 0.05) is 22.7 Å². The van der Waals surface area contributed by atoms with Crippen LogP contribution in [0.5, 0.6) is 0 Å². The second kappa shape index (κ2) is 4.31. The van der Waals surface area contributed by atoms with Gasteiger partial charge < -0.3 is 4.98 Å². The largest absolute Gasteiger partial charge is 0.345 e. The molecule has 4 heteroatoms. The van der Waals surface area contributed by atoms with E-state index in [1.807, 2.05) is 25.1 Å². The van der Waals surface area contributed by atoms with Crippen molar-refractivity contribution in [3.05, 3.63) is 53.1 Å². The summed E-state index contributed by atoms with van der Waals surface area (Å²) in [7, 11) is 0. The molecule has 0 amide bonds. The minimum absolute atomic E-state index is 0.622. The van der Waals surface area contributed by atoms with Gasteiger partial charge in [-0.3, -0.25) is 4.98 Å². The van der Waals surface area contributed by atoms with Crippen LogP contribution < -0.4 is 0 Å². The van der Waals surface area contributed by atoms with Crippen LogP contribution in [0.1, 0.15) is 5.56 Å². The van der Waals surface area contributed by atoms with Crippen molar-refractivity contribution in [3.63, 3.8) is 0 Å². The molecular formula is C14H11N3S. The monoisotopic (exact) mass is 253 g/mol. The first kappa shape index (κ1) is 11.0. The highest BCUT2D eigenvalue weighted by molar-refractivity contribution is 7.71. The van der Waals surface area contributed by atoms with Crippen LogP contribution in [0.3, 0.4) is 0 Å². The Hall–Kier alpha value is -2.07. The molecule has 88 valence electrons. The SMILES string of the molecule is Cc1c(-c2cccc3cccnc23)[nH]cnc1=S. The summed E-state index contributed by atoms with van der Waals surface area (Å²) >= 11 is 5.21. The number of aromatic amines is 1. The third-order valence-corrected chi connectivity index (χ3v) is 3.40. The second-order valence-corrected chi connectivity index (χ2v) is 4.48. The van der Waals surface area contributed by atoms with Gasteiger partial charge in [0.1, 0.15) is 4.64 Å². The predicted molar refractivity (Wildman–Crippen MR) is 74.9 cm³/mol. The van der Waals surface area contributed by atoms with Crippen LogP contribution in [0.2, 0.25) is 0 Å². The quantitative estimate of drug-likeness (QED) is 0.673. The van der Waals surface area contributed by atoms with Crippen molar-refractivity contribution in [2.75, 3.05) is 0 Å². The second-order valence-electron chi connectivity index (χ2n) is 4.09. The standard InChI is InChI=1S/C14H11N3S/c1-9-12(16-8-17-14(9)18)11-6-2-4-10-5-3-7-15-13(10)11/h2-8H,1H3,(H,16,17,18). The Kier molecular flexibility index (Phi) is 2.64. The molecule has 0 saturated heterocycles. The lowest BCUT2D eigenvalue weighted by atomic mass is 10.0. The van der Waals surface area contributed by atoms with Gasteiger partial charge in [0.25, 0.3) is 0 Å². The van der Waals surface area contributed by atoms with Gasteiger partial charge in [0.2, 0.25) is 0 Å². The van der Waals surface area contributed by atoms with Crippen molar-refractivity contribution in [1.82, 2.24) is 15.0 Å². The fraction of sp³-hybridized carbons (Fsp3) is 0.0714. The third kappa shape index (κ3) is 1.71. The minimum atomic E-state index is 0.622. The number of fused-ring (bicyclic) bond motifs is 1. The summed E-state index contributed by atoms with van der Waals surface area (Å²) in [6, 6.07) is 10.1. The van der Waals surface area contributed by atoms with Crippen LogP contribution in [0.15, 0.2) is 42.9 Å². The zero-order valence-corrected chi connectivity index (χ0v) is 10.7. The molecule has 0 bridgehead atoms. The third-order valence-electron chi connectivity index (χ3n) is 2.99. The minimum Gasteiger partial charge on any atom is -0.345 e. The van der Waals surface area contributed by atoms with E-state index in [0.717, 1.165) is 27.7 Å². The number of nitrogens with one attached hydrogen (secondary N) is 1. The Labute approximate surface area is 110 Å². The fourth-order valence-corrected chi connectivity index (χ4v) is 2.21. The highest BCUT2D eigenvalue weighted by Gasteiger charge is 2.08. The first-order valence-corrected chi connectivity index (χ1v) is 6.06. The molecule has 3 nitrogen and oxygen atoms in total. The van der Waals surface area contributed by atoms with Gasteiger partial charge in [-0.1, -0.05) is 36.5 Å². The first-order valence-electron chi connectivity index (χ1n) is 5.66. The predicted octanol–water partition coefficient (Wildman–Crippen LogP) is 3.66. The van der Waals surface area contributed by atoms with Crippen molar-refractivity contribution in [2.45, 2.75) is 6.92 Å². The highest BCUT2D eigenvalue weighted by atomic mass is 32.1. The molecule has 0 spiro atoms. The molecule has 2 aromatic heterocycles. The number of para-hydroxylation sites is 1. The van der Waals surface area contributed by atoms with E-state index in [-0.39, 0.29) is 0 Å². The summed E-state index contributed by atoms with van der Waals surface area (Å²) in [4.78, 5) is 11.7. The molecule has 3 rings (SSSR count). The van der Waals surface area contributed by atoms with Crippen molar-refractivity contribution in [2.24, 2.45) is 0 Å². The van der Waals surface area contributed by atoms with Gasteiger partial charge in [-0.15, -0.1) is 0 Å². The number of benzene rings is 1. The van der Waals surface area contributed by atoms with Crippen molar-refractivity contribution < 1.29 is 0 Å². The van der Waals surface area contributed by atoms with Gasteiger partial charge >= 0.3 is 0 Å². The maximum Gasteiger partial charge on any atom is 0.132 e. The smallest absolute Gasteiger partial charge is 0.132 e. The summed E-state index contributed by atoms with van der Waals surface area (Å²) in [5.41, 5.74) is 3.99.